The van der Waals surface area contributed by atoms with Crippen molar-refractivity contribution >= 4 is 5.97 Å². The van der Waals surface area contributed by atoms with Crippen molar-refractivity contribution in [3.63, 3.8) is 0 Å². The SMILES string of the molecule is C[C@@]12CCC[C@@](C)(C(=O)O)[C@H]1C[C@@H](O)[C@@]13C[C@@H](CC[C@@H]21)[C@]1(C)O[C@@H]13. The molecule has 2 N–H and O–H groups in total. The van der Waals surface area contributed by atoms with Crippen LogP contribution in [0.5, 0.6) is 0 Å². The third-order valence-electron chi connectivity index (χ3n) is 9.53. The van der Waals surface area contributed by atoms with Gasteiger partial charge >= 0.3 is 5.97 Å². The van der Waals surface area contributed by atoms with Crippen LogP contribution in [0.4, 0.5) is 0 Å². The first kappa shape index (κ1) is 15.6. The number of aliphatic hydroxyl groups excluding tert-OH is 1. The van der Waals surface area contributed by atoms with Crippen LogP contribution in [0.1, 0.15) is 65.7 Å². The second kappa shape index (κ2) is 4.20. The second-order valence-corrected chi connectivity index (χ2v) is 10.2. The number of ether oxygens (including phenoxy) is 1. The number of hydrogen-bond donors (Lipinski definition) is 2. The first-order valence-corrected chi connectivity index (χ1v) is 9.79. The van der Waals surface area contributed by atoms with E-state index in [4.69, 9.17) is 4.74 Å². The maximum atomic E-state index is 12.1. The summed E-state index contributed by atoms with van der Waals surface area (Å²) >= 11 is 0. The summed E-state index contributed by atoms with van der Waals surface area (Å²) in [5.41, 5.74) is -0.797. The van der Waals surface area contributed by atoms with Crippen molar-refractivity contribution < 1.29 is 19.7 Å². The summed E-state index contributed by atoms with van der Waals surface area (Å²) in [7, 11) is 0. The molecule has 1 saturated heterocycles. The zero-order chi connectivity index (χ0) is 17.1. The lowest BCUT2D eigenvalue weighted by atomic mass is 9.40. The van der Waals surface area contributed by atoms with Gasteiger partial charge in [0.05, 0.1) is 23.2 Å². The molecule has 4 aliphatic carbocycles. The quantitative estimate of drug-likeness (QED) is 0.722. The lowest BCUT2D eigenvalue weighted by Crippen LogP contribution is -2.64. The van der Waals surface area contributed by atoms with E-state index in [1.165, 1.54) is 6.42 Å². The molecule has 0 amide bonds. The van der Waals surface area contributed by atoms with Crippen LogP contribution in [0.25, 0.3) is 0 Å². The van der Waals surface area contributed by atoms with E-state index in [-0.39, 0.29) is 28.5 Å². The van der Waals surface area contributed by atoms with E-state index >= 15 is 0 Å². The molecular weight excluding hydrogens is 304 g/mol. The molecule has 0 aromatic rings. The van der Waals surface area contributed by atoms with Gasteiger partial charge in [0.1, 0.15) is 0 Å². The van der Waals surface area contributed by atoms with Crippen LogP contribution in [-0.4, -0.2) is 34.0 Å². The Morgan fingerprint density at radius 1 is 1.12 bits per heavy atom. The number of aliphatic hydroxyl groups is 1. The molecule has 5 fully saturated rings. The summed E-state index contributed by atoms with van der Waals surface area (Å²) < 4.78 is 6.19. The largest absolute Gasteiger partial charge is 0.481 e. The van der Waals surface area contributed by atoms with Gasteiger partial charge < -0.3 is 14.9 Å². The number of carbonyl (C=O) groups is 1. The predicted molar refractivity (Wildman–Crippen MR) is 88.4 cm³/mol. The molecule has 0 radical (unpaired) electrons. The highest BCUT2D eigenvalue weighted by Gasteiger charge is 2.81. The van der Waals surface area contributed by atoms with Crippen molar-refractivity contribution in [1.82, 2.24) is 0 Å². The summed E-state index contributed by atoms with van der Waals surface area (Å²) in [5.74, 6) is 0.393. The van der Waals surface area contributed by atoms with Crippen molar-refractivity contribution in [2.45, 2.75) is 83.5 Å². The van der Waals surface area contributed by atoms with E-state index < -0.39 is 17.5 Å². The van der Waals surface area contributed by atoms with E-state index in [0.717, 1.165) is 32.1 Å². The molecule has 0 aromatic heterocycles. The summed E-state index contributed by atoms with van der Waals surface area (Å²) in [5, 5.41) is 21.2. The molecule has 1 heterocycles. The van der Waals surface area contributed by atoms with Gasteiger partial charge in [-0.15, -0.1) is 0 Å². The first-order chi connectivity index (χ1) is 11.2. The van der Waals surface area contributed by atoms with Crippen LogP contribution in [0.15, 0.2) is 0 Å². The Balaban J connectivity index is 1.62. The van der Waals surface area contributed by atoms with E-state index in [2.05, 4.69) is 13.8 Å². The predicted octanol–water partition coefficient (Wildman–Crippen LogP) is 3.22. The van der Waals surface area contributed by atoms with Crippen molar-refractivity contribution in [3.8, 4) is 0 Å². The molecule has 134 valence electrons. The molecular formula is C20H30O4. The third kappa shape index (κ3) is 1.45. The van der Waals surface area contributed by atoms with Gasteiger partial charge in [-0.25, -0.2) is 0 Å². The van der Waals surface area contributed by atoms with Crippen LogP contribution in [-0.2, 0) is 9.53 Å². The van der Waals surface area contributed by atoms with Crippen molar-refractivity contribution in [1.29, 1.82) is 0 Å². The zero-order valence-corrected chi connectivity index (χ0v) is 15.0. The van der Waals surface area contributed by atoms with E-state index in [9.17, 15) is 15.0 Å². The number of carboxylic acids is 1. The molecule has 1 spiro atoms. The van der Waals surface area contributed by atoms with Gasteiger partial charge in [-0.2, -0.15) is 0 Å². The molecule has 24 heavy (non-hydrogen) atoms. The molecule has 0 unspecified atom stereocenters. The fraction of sp³-hybridized carbons (Fsp3) is 0.950. The lowest BCUT2D eigenvalue weighted by Gasteiger charge is -2.65. The minimum Gasteiger partial charge on any atom is -0.481 e. The third-order valence-corrected chi connectivity index (χ3v) is 9.53. The average Bonchev–Trinajstić information content (AvgIpc) is 3.19. The highest BCUT2D eigenvalue weighted by atomic mass is 16.6. The highest BCUT2D eigenvalue weighted by molar-refractivity contribution is 5.75. The molecule has 0 aromatic carbocycles. The molecule has 2 bridgehead atoms. The summed E-state index contributed by atoms with van der Waals surface area (Å²) in [6, 6.07) is 0. The summed E-state index contributed by atoms with van der Waals surface area (Å²) in [6.45, 7) is 6.51. The van der Waals surface area contributed by atoms with Crippen molar-refractivity contribution in [3.05, 3.63) is 0 Å². The lowest BCUT2D eigenvalue weighted by molar-refractivity contribution is -0.220. The molecule has 9 atom stereocenters. The Hall–Kier alpha value is -0.610. The Morgan fingerprint density at radius 2 is 1.88 bits per heavy atom. The second-order valence-electron chi connectivity index (χ2n) is 10.2. The number of rotatable bonds is 1. The van der Waals surface area contributed by atoms with E-state index in [1.54, 1.807) is 0 Å². The zero-order valence-electron chi connectivity index (χ0n) is 15.0. The molecule has 4 saturated carbocycles. The normalized spacial score (nSPS) is 63.9. The number of fused-ring (bicyclic) bond motifs is 5. The van der Waals surface area contributed by atoms with Crippen LogP contribution in [0.2, 0.25) is 0 Å². The van der Waals surface area contributed by atoms with Gasteiger partial charge in [0.25, 0.3) is 0 Å². The maximum Gasteiger partial charge on any atom is 0.309 e. The molecule has 1 aliphatic heterocycles. The van der Waals surface area contributed by atoms with Gasteiger partial charge in [0.2, 0.25) is 0 Å². The fourth-order valence-electron chi connectivity index (χ4n) is 8.30. The molecule has 4 heteroatoms. The minimum absolute atomic E-state index is 0.0102. The van der Waals surface area contributed by atoms with E-state index in [1.807, 2.05) is 6.92 Å². The fourth-order valence-corrected chi connectivity index (χ4v) is 8.30. The van der Waals surface area contributed by atoms with Crippen molar-refractivity contribution in [2.24, 2.45) is 34.0 Å². The Morgan fingerprint density at radius 3 is 2.58 bits per heavy atom. The van der Waals surface area contributed by atoms with Gasteiger partial charge in [0.15, 0.2) is 0 Å². The minimum atomic E-state index is -0.696. The van der Waals surface area contributed by atoms with Crippen molar-refractivity contribution in [2.75, 3.05) is 0 Å². The molecule has 5 rings (SSSR count). The first-order valence-electron chi connectivity index (χ1n) is 9.79. The Kier molecular flexibility index (Phi) is 2.73. The Labute approximate surface area is 144 Å². The molecule has 4 nitrogen and oxygen atoms in total. The number of carboxylic acid groups (broad SMARTS) is 1. The van der Waals surface area contributed by atoms with Gasteiger partial charge in [-0.3, -0.25) is 4.79 Å². The van der Waals surface area contributed by atoms with Gasteiger partial charge in [-0.1, -0.05) is 13.3 Å². The van der Waals surface area contributed by atoms with Gasteiger partial charge in [-0.05, 0) is 75.5 Å². The number of hydrogen-bond acceptors (Lipinski definition) is 3. The molecule has 5 aliphatic rings. The standard InChI is InChI=1S/C20H30O4/c1-17-7-4-8-18(2,16(22)23)13(17)9-14(21)20-10-11(5-6-12(17)20)19(3)15(20)24-19/h11-15,21H,4-10H2,1-3H3,(H,22,23)/t11-,12+,13+,14-,15+,17+,18-,19+,20-/m1/s1. The monoisotopic (exact) mass is 334 g/mol. The van der Waals surface area contributed by atoms with Crippen LogP contribution >= 0.6 is 0 Å². The topological polar surface area (TPSA) is 70.1 Å². The summed E-state index contributed by atoms with van der Waals surface area (Å²) in [4.78, 5) is 12.1. The number of aliphatic carboxylic acids is 1. The van der Waals surface area contributed by atoms with E-state index in [0.29, 0.717) is 18.3 Å². The van der Waals surface area contributed by atoms with Crippen LogP contribution < -0.4 is 0 Å². The number of epoxide rings is 1. The summed E-state index contributed by atoms with van der Waals surface area (Å²) in [6.07, 6.45) is 6.68. The Bertz CT molecular complexity index is 619. The van der Waals surface area contributed by atoms with Crippen LogP contribution in [0, 0.1) is 34.0 Å². The smallest absolute Gasteiger partial charge is 0.309 e. The van der Waals surface area contributed by atoms with Gasteiger partial charge in [0, 0.05) is 5.41 Å². The average molecular weight is 334 g/mol. The maximum absolute atomic E-state index is 12.1. The highest BCUT2D eigenvalue weighted by Crippen LogP contribution is 2.77. The van der Waals surface area contributed by atoms with Crippen LogP contribution in [0.3, 0.4) is 0 Å².